The van der Waals surface area contributed by atoms with E-state index in [4.69, 9.17) is 0 Å². The Morgan fingerprint density at radius 1 is 1.25 bits per heavy atom. The van der Waals surface area contributed by atoms with E-state index in [1.54, 1.807) is 0 Å². The van der Waals surface area contributed by atoms with Gasteiger partial charge < -0.3 is 15.1 Å². The van der Waals surface area contributed by atoms with Gasteiger partial charge in [0.15, 0.2) is 0 Å². The molecule has 0 spiro atoms. The molecule has 0 saturated carbocycles. The summed E-state index contributed by atoms with van der Waals surface area (Å²) in [6.07, 6.45) is 2.43. The van der Waals surface area contributed by atoms with Gasteiger partial charge in [-0.05, 0) is 56.1 Å². The first-order chi connectivity index (χ1) is 9.58. The molecule has 1 unspecified atom stereocenters. The molecule has 4 nitrogen and oxygen atoms in total. The Kier molecular flexibility index (Phi) is 5.01. The van der Waals surface area contributed by atoms with Crippen LogP contribution in [0.5, 0.6) is 0 Å². The van der Waals surface area contributed by atoms with E-state index in [0.29, 0.717) is 5.92 Å². The number of benzene rings is 1. The Balaban J connectivity index is 1.95. The van der Waals surface area contributed by atoms with Crippen LogP contribution in [0, 0.1) is 5.92 Å². The molecular weight excluding hydrogens is 250 g/mol. The third-order valence-corrected chi connectivity index (χ3v) is 3.91. The number of piperidine rings is 1. The van der Waals surface area contributed by atoms with Crippen molar-refractivity contribution in [3.05, 3.63) is 29.8 Å². The van der Waals surface area contributed by atoms with Crippen LogP contribution in [0.4, 0.5) is 5.69 Å². The molecule has 1 fully saturated rings. The monoisotopic (exact) mass is 275 g/mol. The first-order valence-electron chi connectivity index (χ1n) is 7.31. The molecule has 1 aromatic carbocycles. The number of carbonyl (C=O) groups excluding carboxylic acids is 1. The fourth-order valence-corrected chi connectivity index (χ4v) is 2.67. The van der Waals surface area contributed by atoms with E-state index >= 15 is 0 Å². The molecule has 1 saturated heterocycles. The summed E-state index contributed by atoms with van der Waals surface area (Å²) in [7, 11) is 5.90. The lowest BCUT2D eigenvalue weighted by Crippen LogP contribution is -2.39. The topological polar surface area (TPSA) is 35.6 Å². The first-order valence-corrected chi connectivity index (χ1v) is 7.31. The smallest absolute Gasteiger partial charge is 0.253 e. The van der Waals surface area contributed by atoms with Crippen molar-refractivity contribution in [2.45, 2.75) is 12.8 Å². The summed E-state index contributed by atoms with van der Waals surface area (Å²) in [5, 5.41) is 3.40. The standard InChI is InChI=1S/C16H25N3O/c1-18(2)15-8-6-14(7-9-15)16(20)19(3)12-13-5-4-10-17-11-13/h6-9,13,17H,4-5,10-12H2,1-3H3. The number of hydrogen-bond donors (Lipinski definition) is 1. The van der Waals surface area contributed by atoms with Gasteiger partial charge in [-0.25, -0.2) is 0 Å². The van der Waals surface area contributed by atoms with E-state index in [1.165, 1.54) is 12.8 Å². The Hall–Kier alpha value is -1.55. The third kappa shape index (κ3) is 3.73. The van der Waals surface area contributed by atoms with E-state index in [1.807, 2.05) is 55.2 Å². The number of rotatable bonds is 4. The summed E-state index contributed by atoms with van der Waals surface area (Å²) in [4.78, 5) is 16.3. The highest BCUT2D eigenvalue weighted by Gasteiger charge is 2.18. The van der Waals surface area contributed by atoms with Crippen molar-refractivity contribution in [2.75, 3.05) is 45.7 Å². The van der Waals surface area contributed by atoms with Gasteiger partial charge in [0, 0.05) is 38.9 Å². The quantitative estimate of drug-likeness (QED) is 0.910. The second-order valence-electron chi connectivity index (χ2n) is 5.84. The minimum atomic E-state index is 0.112. The minimum absolute atomic E-state index is 0.112. The number of nitrogens with one attached hydrogen (secondary N) is 1. The van der Waals surface area contributed by atoms with Gasteiger partial charge in [0.05, 0.1) is 0 Å². The van der Waals surface area contributed by atoms with E-state index in [0.717, 1.165) is 30.9 Å². The highest BCUT2D eigenvalue weighted by molar-refractivity contribution is 5.94. The maximum Gasteiger partial charge on any atom is 0.253 e. The zero-order valence-electron chi connectivity index (χ0n) is 12.7. The van der Waals surface area contributed by atoms with Crippen LogP contribution in [0.25, 0.3) is 0 Å². The van der Waals surface area contributed by atoms with Crippen molar-refractivity contribution >= 4 is 11.6 Å². The summed E-state index contributed by atoms with van der Waals surface area (Å²) in [6, 6.07) is 7.80. The molecule has 1 heterocycles. The van der Waals surface area contributed by atoms with Crippen LogP contribution in [0.1, 0.15) is 23.2 Å². The van der Waals surface area contributed by atoms with Crippen molar-refractivity contribution in [2.24, 2.45) is 5.92 Å². The van der Waals surface area contributed by atoms with Gasteiger partial charge >= 0.3 is 0 Å². The van der Waals surface area contributed by atoms with Crippen LogP contribution < -0.4 is 10.2 Å². The Morgan fingerprint density at radius 3 is 2.50 bits per heavy atom. The number of anilines is 1. The van der Waals surface area contributed by atoms with Gasteiger partial charge in [0.25, 0.3) is 5.91 Å². The van der Waals surface area contributed by atoms with Crippen LogP contribution in [0.2, 0.25) is 0 Å². The lowest BCUT2D eigenvalue weighted by atomic mass is 9.99. The molecule has 1 atom stereocenters. The molecule has 1 aliphatic rings. The molecule has 2 rings (SSSR count). The molecule has 1 N–H and O–H groups in total. The van der Waals surface area contributed by atoms with Crippen molar-refractivity contribution in [1.82, 2.24) is 10.2 Å². The highest BCUT2D eigenvalue weighted by atomic mass is 16.2. The van der Waals surface area contributed by atoms with Crippen molar-refractivity contribution in [3.8, 4) is 0 Å². The van der Waals surface area contributed by atoms with Crippen LogP contribution in [-0.4, -0.2) is 51.6 Å². The third-order valence-electron chi connectivity index (χ3n) is 3.91. The van der Waals surface area contributed by atoms with Gasteiger partial charge in [0.1, 0.15) is 0 Å². The van der Waals surface area contributed by atoms with Crippen molar-refractivity contribution in [1.29, 1.82) is 0 Å². The normalized spacial score (nSPS) is 18.6. The predicted octanol–water partition coefficient (Wildman–Crippen LogP) is 1.82. The lowest BCUT2D eigenvalue weighted by Gasteiger charge is -2.27. The average molecular weight is 275 g/mol. The van der Waals surface area contributed by atoms with Gasteiger partial charge in [-0.15, -0.1) is 0 Å². The van der Waals surface area contributed by atoms with E-state index in [2.05, 4.69) is 5.32 Å². The lowest BCUT2D eigenvalue weighted by molar-refractivity contribution is 0.0765. The van der Waals surface area contributed by atoms with Crippen molar-refractivity contribution < 1.29 is 4.79 Å². The number of carbonyl (C=O) groups is 1. The van der Waals surface area contributed by atoms with Crippen LogP contribution >= 0.6 is 0 Å². The summed E-state index contributed by atoms with van der Waals surface area (Å²) in [5.41, 5.74) is 1.88. The molecule has 1 aliphatic heterocycles. The molecule has 0 aromatic heterocycles. The van der Waals surface area contributed by atoms with Crippen LogP contribution in [0.15, 0.2) is 24.3 Å². The zero-order chi connectivity index (χ0) is 14.5. The molecule has 1 aromatic rings. The van der Waals surface area contributed by atoms with Gasteiger partial charge in [0.2, 0.25) is 0 Å². The van der Waals surface area contributed by atoms with Crippen LogP contribution in [-0.2, 0) is 0 Å². The fourth-order valence-electron chi connectivity index (χ4n) is 2.67. The molecule has 0 bridgehead atoms. The van der Waals surface area contributed by atoms with Gasteiger partial charge in [-0.1, -0.05) is 0 Å². The molecule has 20 heavy (non-hydrogen) atoms. The highest BCUT2D eigenvalue weighted by Crippen LogP contribution is 2.15. The van der Waals surface area contributed by atoms with Crippen LogP contribution in [0.3, 0.4) is 0 Å². The number of nitrogens with zero attached hydrogens (tertiary/aromatic N) is 2. The number of amides is 1. The van der Waals surface area contributed by atoms with E-state index in [9.17, 15) is 4.79 Å². The summed E-state index contributed by atoms with van der Waals surface area (Å²) < 4.78 is 0. The molecule has 4 heteroatoms. The summed E-state index contributed by atoms with van der Waals surface area (Å²) in [5.74, 6) is 0.694. The molecule has 110 valence electrons. The molecule has 0 radical (unpaired) electrons. The van der Waals surface area contributed by atoms with Crippen molar-refractivity contribution in [3.63, 3.8) is 0 Å². The second-order valence-corrected chi connectivity index (χ2v) is 5.84. The molecular formula is C16H25N3O. The van der Waals surface area contributed by atoms with Gasteiger partial charge in [-0.3, -0.25) is 4.79 Å². The predicted molar refractivity (Wildman–Crippen MR) is 83.3 cm³/mol. The summed E-state index contributed by atoms with van der Waals surface area (Å²) >= 11 is 0. The fraction of sp³-hybridized carbons (Fsp3) is 0.562. The number of hydrogen-bond acceptors (Lipinski definition) is 3. The van der Waals surface area contributed by atoms with E-state index in [-0.39, 0.29) is 5.91 Å². The minimum Gasteiger partial charge on any atom is -0.378 e. The van der Waals surface area contributed by atoms with Gasteiger partial charge in [-0.2, -0.15) is 0 Å². The maximum atomic E-state index is 12.4. The second kappa shape index (κ2) is 6.75. The van der Waals surface area contributed by atoms with E-state index < -0.39 is 0 Å². The Bertz CT molecular complexity index is 436. The molecule has 0 aliphatic carbocycles. The zero-order valence-corrected chi connectivity index (χ0v) is 12.7. The first kappa shape index (κ1) is 14.9. The maximum absolute atomic E-state index is 12.4. The molecule has 1 amide bonds. The largest absolute Gasteiger partial charge is 0.378 e. The Morgan fingerprint density at radius 2 is 1.95 bits per heavy atom. The average Bonchev–Trinajstić information content (AvgIpc) is 2.47. The summed E-state index contributed by atoms with van der Waals surface area (Å²) in [6.45, 7) is 2.97. The SMILES string of the molecule is CN(CC1CCCNC1)C(=O)c1ccc(N(C)C)cc1. The Labute approximate surface area is 121 Å².